The third-order valence-electron chi connectivity index (χ3n) is 3.16. The largest absolute Gasteiger partial charge is 0.380 e. The van der Waals surface area contributed by atoms with E-state index < -0.39 is 0 Å². The lowest BCUT2D eigenvalue weighted by molar-refractivity contribution is 0.0644. The summed E-state index contributed by atoms with van der Waals surface area (Å²) in [6, 6.07) is 1.22. The topological polar surface area (TPSA) is 21.3 Å². The van der Waals surface area contributed by atoms with E-state index in [1.165, 1.54) is 19.3 Å². The van der Waals surface area contributed by atoms with Gasteiger partial charge in [0.25, 0.3) is 0 Å². The van der Waals surface area contributed by atoms with E-state index in [0.29, 0.717) is 12.1 Å². The highest BCUT2D eigenvalue weighted by Crippen LogP contribution is 2.11. The van der Waals surface area contributed by atoms with Gasteiger partial charge in [0.1, 0.15) is 0 Å². The van der Waals surface area contributed by atoms with E-state index >= 15 is 0 Å². The minimum atomic E-state index is 0.595. The lowest BCUT2D eigenvalue weighted by Gasteiger charge is -2.29. The molecule has 0 spiro atoms. The highest BCUT2D eigenvalue weighted by Gasteiger charge is 2.18. The van der Waals surface area contributed by atoms with Crippen molar-refractivity contribution in [2.24, 2.45) is 5.92 Å². The van der Waals surface area contributed by atoms with Gasteiger partial charge in [-0.15, -0.1) is 0 Å². The highest BCUT2D eigenvalue weighted by atomic mass is 16.5. The van der Waals surface area contributed by atoms with Crippen LogP contribution in [0.5, 0.6) is 0 Å². The molecular formula is C11H23NO. The van der Waals surface area contributed by atoms with E-state index in [9.17, 15) is 0 Å². The van der Waals surface area contributed by atoms with Crippen molar-refractivity contribution in [1.29, 1.82) is 0 Å². The van der Waals surface area contributed by atoms with E-state index in [1.54, 1.807) is 0 Å². The van der Waals surface area contributed by atoms with Crippen molar-refractivity contribution in [3.8, 4) is 0 Å². The fourth-order valence-corrected chi connectivity index (χ4v) is 1.76. The molecule has 2 nitrogen and oxygen atoms in total. The predicted molar refractivity (Wildman–Crippen MR) is 55.9 cm³/mol. The molecule has 1 heterocycles. The molecule has 0 aliphatic carbocycles. The smallest absolute Gasteiger partial charge is 0.0619 e. The molecule has 3 atom stereocenters. The first-order valence-electron chi connectivity index (χ1n) is 5.57. The van der Waals surface area contributed by atoms with E-state index in [4.69, 9.17) is 4.74 Å². The molecule has 0 aromatic heterocycles. The first-order valence-corrected chi connectivity index (χ1v) is 5.57. The Labute approximate surface area is 82.0 Å². The quantitative estimate of drug-likeness (QED) is 0.725. The second-order valence-electron chi connectivity index (χ2n) is 4.25. The van der Waals surface area contributed by atoms with Crippen LogP contribution in [0.1, 0.15) is 40.0 Å². The van der Waals surface area contributed by atoms with Gasteiger partial charge in [0.05, 0.1) is 6.61 Å². The second kappa shape index (κ2) is 5.61. The molecule has 1 fully saturated rings. The summed E-state index contributed by atoms with van der Waals surface area (Å²) in [7, 11) is 0. The van der Waals surface area contributed by atoms with Crippen LogP contribution in [-0.2, 0) is 4.74 Å². The summed E-state index contributed by atoms with van der Waals surface area (Å²) in [5.74, 6) is 0.766. The van der Waals surface area contributed by atoms with Crippen molar-refractivity contribution in [1.82, 2.24) is 5.32 Å². The van der Waals surface area contributed by atoms with Gasteiger partial charge in [0, 0.05) is 18.7 Å². The van der Waals surface area contributed by atoms with E-state index in [2.05, 4.69) is 26.1 Å². The van der Waals surface area contributed by atoms with Crippen molar-refractivity contribution in [3.63, 3.8) is 0 Å². The molecule has 0 amide bonds. The summed E-state index contributed by atoms with van der Waals surface area (Å²) in [4.78, 5) is 0. The summed E-state index contributed by atoms with van der Waals surface area (Å²) in [6.45, 7) is 8.70. The van der Waals surface area contributed by atoms with Gasteiger partial charge in [-0.3, -0.25) is 0 Å². The van der Waals surface area contributed by atoms with Crippen molar-refractivity contribution in [2.45, 2.75) is 52.1 Å². The number of rotatable bonds is 4. The fourth-order valence-electron chi connectivity index (χ4n) is 1.76. The first kappa shape index (κ1) is 11.0. The molecule has 0 saturated carbocycles. The molecule has 13 heavy (non-hydrogen) atoms. The van der Waals surface area contributed by atoms with Gasteiger partial charge in [0.15, 0.2) is 0 Å². The Morgan fingerprint density at radius 2 is 2.23 bits per heavy atom. The lowest BCUT2D eigenvalue weighted by atomic mass is 9.99. The van der Waals surface area contributed by atoms with Crippen LogP contribution in [-0.4, -0.2) is 25.3 Å². The molecule has 78 valence electrons. The van der Waals surface area contributed by atoms with Crippen LogP contribution < -0.4 is 5.32 Å². The van der Waals surface area contributed by atoms with Crippen LogP contribution in [0.3, 0.4) is 0 Å². The minimum Gasteiger partial charge on any atom is -0.380 e. The zero-order valence-electron chi connectivity index (χ0n) is 9.18. The Kier molecular flexibility index (Phi) is 4.74. The fraction of sp³-hybridized carbons (Fsp3) is 1.00. The van der Waals surface area contributed by atoms with Crippen LogP contribution >= 0.6 is 0 Å². The molecule has 1 aliphatic rings. The van der Waals surface area contributed by atoms with Gasteiger partial charge < -0.3 is 10.1 Å². The molecule has 0 radical (unpaired) electrons. The summed E-state index contributed by atoms with van der Waals surface area (Å²) in [5.41, 5.74) is 0. The summed E-state index contributed by atoms with van der Waals surface area (Å²) >= 11 is 0. The van der Waals surface area contributed by atoms with Gasteiger partial charge in [-0.1, -0.05) is 20.3 Å². The van der Waals surface area contributed by atoms with Gasteiger partial charge in [0.2, 0.25) is 0 Å². The van der Waals surface area contributed by atoms with Crippen LogP contribution in [0.2, 0.25) is 0 Å². The molecule has 1 aliphatic heterocycles. The molecular weight excluding hydrogens is 162 g/mol. The minimum absolute atomic E-state index is 0.595. The van der Waals surface area contributed by atoms with Crippen LogP contribution in [0.15, 0.2) is 0 Å². The molecule has 1 rings (SSSR count). The zero-order chi connectivity index (χ0) is 9.68. The molecule has 0 bridgehead atoms. The van der Waals surface area contributed by atoms with Crippen molar-refractivity contribution in [3.05, 3.63) is 0 Å². The van der Waals surface area contributed by atoms with Crippen LogP contribution in [0, 0.1) is 5.92 Å². The maximum Gasteiger partial charge on any atom is 0.0619 e. The number of hydrogen-bond acceptors (Lipinski definition) is 2. The van der Waals surface area contributed by atoms with Gasteiger partial charge in [-0.25, -0.2) is 0 Å². The van der Waals surface area contributed by atoms with E-state index in [0.717, 1.165) is 19.1 Å². The molecule has 3 unspecified atom stereocenters. The van der Waals surface area contributed by atoms with Gasteiger partial charge in [-0.05, 0) is 25.7 Å². The van der Waals surface area contributed by atoms with Crippen molar-refractivity contribution < 1.29 is 4.74 Å². The highest BCUT2D eigenvalue weighted by molar-refractivity contribution is 4.76. The summed E-state index contributed by atoms with van der Waals surface area (Å²) in [6.07, 6.45) is 3.74. The zero-order valence-corrected chi connectivity index (χ0v) is 9.18. The lowest BCUT2D eigenvalue weighted by Crippen LogP contribution is -2.44. The average molecular weight is 185 g/mol. The average Bonchev–Trinajstić information content (AvgIpc) is 2.18. The maximum absolute atomic E-state index is 5.43. The number of hydrogen-bond donors (Lipinski definition) is 1. The van der Waals surface area contributed by atoms with Crippen LogP contribution in [0.4, 0.5) is 0 Å². The maximum atomic E-state index is 5.43. The second-order valence-corrected chi connectivity index (χ2v) is 4.25. The number of nitrogens with one attached hydrogen (secondary N) is 1. The Hall–Kier alpha value is -0.0800. The monoisotopic (exact) mass is 185 g/mol. The molecule has 0 aromatic carbocycles. The first-order chi connectivity index (χ1) is 6.24. The molecule has 2 heteroatoms. The summed E-state index contributed by atoms with van der Waals surface area (Å²) in [5, 5.41) is 3.64. The molecule has 1 saturated heterocycles. The Morgan fingerprint density at radius 1 is 1.46 bits per heavy atom. The third kappa shape index (κ3) is 3.65. The third-order valence-corrected chi connectivity index (χ3v) is 3.16. The normalized spacial score (nSPS) is 28.4. The van der Waals surface area contributed by atoms with E-state index in [-0.39, 0.29) is 0 Å². The van der Waals surface area contributed by atoms with Crippen molar-refractivity contribution in [2.75, 3.05) is 13.2 Å². The van der Waals surface area contributed by atoms with Gasteiger partial charge in [-0.2, -0.15) is 0 Å². The Balaban J connectivity index is 2.21. The Bertz CT molecular complexity index is 132. The standard InChI is InChI=1S/C11H23NO/c1-4-9(2)10(3)12-11-6-5-7-13-8-11/h9-12H,4-8H2,1-3H3. The number of ether oxygens (including phenoxy) is 1. The van der Waals surface area contributed by atoms with E-state index in [1.807, 2.05) is 0 Å². The van der Waals surface area contributed by atoms with Crippen LogP contribution in [0.25, 0.3) is 0 Å². The predicted octanol–water partition coefficient (Wildman–Crippen LogP) is 2.19. The summed E-state index contributed by atoms with van der Waals surface area (Å²) < 4.78 is 5.43. The van der Waals surface area contributed by atoms with Gasteiger partial charge >= 0.3 is 0 Å². The molecule has 1 N–H and O–H groups in total. The SMILES string of the molecule is CCC(C)C(C)NC1CCCOC1. The molecule has 0 aromatic rings. The Morgan fingerprint density at radius 3 is 2.77 bits per heavy atom. The van der Waals surface area contributed by atoms with Crippen molar-refractivity contribution >= 4 is 0 Å².